The highest BCUT2D eigenvalue weighted by Gasteiger charge is 2.30. The summed E-state index contributed by atoms with van der Waals surface area (Å²) >= 11 is 0. The number of hydrogen-bond donors (Lipinski definition) is 4. The molecule has 1 amide bonds. The first kappa shape index (κ1) is 55.2. The number of carbonyl (C=O) groups excluding carboxylic acids is 3. The van der Waals surface area contributed by atoms with Crippen LogP contribution in [0.25, 0.3) is 0 Å². The van der Waals surface area contributed by atoms with Crippen molar-refractivity contribution in [1.29, 1.82) is 0 Å². The number of allylic oxidation sites excluding steroid dienone is 4. The number of phosphoric acid groups is 1. The smallest absolute Gasteiger partial charge is 0.459 e. The van der Waals surface area contributed by atoms with E-state index in [0.717, 1.165) is 77.0 Å². The zero-order valence-electron chi connectivity index (χ0n) is 37.4. The van der Waals surface area contributed by atoms with Gasteiger partial charge >= 0.3 is 19.8 Å². The number of H-pyrrole nitrogens is 1. The molecule has 0 spiro atoms. The number of aromatic nitrogens is 2. The Hall–Kier alpha value is -2.83. The van der Waals surface area contributed by atoms with E-state index in [1.54, 1.807) is 6.20 Å². The molecule has 0 aliphatic rings. The van der Waals surface area contributed by atoms with E-state index in [-0.39, 0.29) is 32.4 Å². The number of unbranched alkanes of at least 4 members (excludes halogenated alkanes) is 22. The van der Waals surface area contributed by atoms with E-state index in [9.17, 15) is 23.8 Å². The third-order valence-electron chi connectivity index (χ3n) is 10.2. The van der Waals surface area contributed by atoms with E-state index in [2.05, 4.69) is 53.4 Å². The number of nitrogens with one attached hydrogen (secondary N) is 2. The van der Waals surface area contributed by atoms with Crippen LogP contribution in [-0.2, 0) is 43.9 Å². The largest absolute Gasteiger partial charge is 0.475 e. The molecule has 0 aromatic carbocycles. The fraction of sp³-hybridized carbons (Fsp3) is 0.783. The first-order chi connectivity index (χ1) is 29.2. The molecule has 13 nitrogen and oxygen atoms in total. The number of hydrogen-bond acceptors (Lipinski definition) is 10. The topological polar surface area (TPSA) is 192 Å². The van der Waals surface area contributed by atoms with Gasteiger partial charge in [-0.05, 0) is 64.2 Å². The van der Waals surface area contributed by atoms with Crippen LogP contribution in [0.5, 0.6) is 0 Å². The molecule has 3 unspecified atom stereocenters. The van der Waals surface area contributed by atoms with Gasteiger partial charge in [0.25, 0.3) is 0 Å². The van der Waals surface area contributed by atoms with Crippen LogP contribution in [0.3, 0.4) is 0 Å². The Morgan fingerprint density at radius 1 is 0.733 bits per heavy atom. The first-order valence-corrected chi connectivity index (χ1v) is 25.0. The summed E-state index contributed by atoms with van der Waals surface area (Å²) in [7, 11) is -4.79. The van der Waals surface area contributed by atoms with Crippen molar-refractivity contribution in [2.24, 2.45) is 5.73 Å². The van der Waals surface area contributed by atoms with E-state index in [4.69, 9.17) is 24.3 Å². The van der Waals surface area contributed by atoms with Crippen molar-refractivity contribution in [3.63, 3.8) is 0 Å². The van der Waals surface area contributed by atoms with Gasteiger partial charge in [0, 0.05) is 32.0 Å². The molecule has 5 N–H and O–H groups in total. The Balaban J connectivity index is 2.41. The summed E-state index contributed by atoms with van der Waals surface area (Å²) in [5, 5.41) is 2.53. The van der Waals surface area contributed by atoms with Crippen LogP contribution in [-0.4, -0.2) is 64.8 Å². The Labute approximate surface area is 362 Å². The molecule has 0 aliphatic heterocycles. The van der Waals surface area contributed by atoms with Crippen LogP contribution >= 0.6 is 7.82 Å². The molecule has 1 aromatic rings. The number of aromatic amines is 1. The maximum absolute atomic E-state index is 12.8. The molecule has 14 heteroatoms. The highest BCUT2D eigenvalue weighted by molar-refractivity contribution is 7.47. The predicted molar refractivity (Wildman–Crippen MR) is 240 cm³/mol. The molecular weight excluding hydrogens is 783 g/mol. The maximum atomic E-state index is 12.8. The van der Waals surface area contributed by atoms with Crippen molar-refractivity contribution in [3.8, 4) is 0 Å². The molecular formula is C46H83N4O9P. The summed E-state index contributed by atoms with van der Waals surface area (Å²) in [6.07, 6.45) is 40.6. The van der Waals surface area contributed by atoms with Gasteiger partial charge in [-0.15, -0.1) is 0 Å². The van der Waals surface area contributed by atoms with Gasteiger partial charge in [0.1, 0.15) is 0 Å². The van der Waals surface area contributed by atoms with Crippen molar-refractivity contribution >= 4 is 25.7 Å². The second-order valence-corrected chi connectivity index (χ2v) is 17.2. The quantitative estimate of drug-likeness (QED) is 0.0161. The van der Waals surface area contributed by atoms with E-state index in [0.29, 0.717) is 18.5 Å². The molecule has 1 aromatic heterocycles. The lowest BCUT2D eigenvalue weighted by Gasteiger charge is -2.21. The number of imidazole rings is 1. The standard InChI is InChI=1S/C46H83N4O9P/c1-3-5-7-9-11-13-15-17-19-21-23-25-27-29-31-33-43(51)56-39-45(59-60(54,55)57-36-35-49-46(53)42(47)37-41-38-48-40-50-41)58-44(52)34-32-30-28-26-24-22-20-18-16-14-12-10-8-6-4-2/h17-20,38,40,42,45H,3-16,21-37,39,47H2,1-2H3,(H,48,50)(H,49,53)(H,54,55)/b19-17-,20-18-. The lowest BCUT2D eigenvalue weighted by Crippen LogP contribution is -2.43. The van der Waals surface area contributed by atoms with Crippen molar-refractivity contribution in [3.05, 3.63) is 42.5 Å². The van der Waals surface area contributed by atoms with Gasteiger partial charge in [-0.2, -0.15) is 0 Å². The molecule has 346 valence electrons. The Morgan fingerprint density at radius 3 is 1.68 bits per heavy atom. The Bertz CT molecular complexity index is 1290. The molecule has 1 rings (SSSR count). The van der Waals surface area contributed by atoms with Crippen LogP contribution in [0.4, 0.5) is 0 Å². The van der Waals surface area contributed by atoms with Crippen molar-refractivity contribution in [2.75, 3.05) is 19.8 Å². The summed E-state index contributed by atoms with van der Waals surface area (Å²) in [5.41, 5.74) is 6.53. The van der Waals surface area contributed by atoms with Gasteiger partial charge in [-0.1, -0.05) is 141 Å². The number of ether oxygens (including phenoxy) is 2. The summed E-state index contributed by atoms with van der Waals surface area (Å²) in [5.74, 6) is -1.64. The number of esters is 2. The summed E-state index contributed by atoms with van der Waals surface area (Å²) in [6, 6.07) is -0.877. The number of rotatable bonds is 42. The monoisotopic (exact) mass is 867 g/mol. The van der Waals surface area contributed by atoms with E-state index >= 15 is 0 Å². The molecule has 60 heavy (non-hydrogen) atoms. The molecule has 0 saturated heterocycles. The van der Waals surface area contributed by atoms with E-state index in [1.807, 2.05) is 0 Å². The molecule has 0 fully saturated rings. The Kier molecular flexibility index (Phi) is 35.9. The third-order valence-corrected chi connectivity index (χ3v) is 11.2. The normalized spacial score (nSPS) is 13.7. The number of nitrogens with zero attached hydrogens (tertiary/aromatic N) is 1. The zero-order valence-corrected chi connectivity index (χ0v) is 38.3. The molecule has 0 saturated carbocycles. The molecule has 0 radical (unpaired) electrons. The maximum Gasteiger partial charge on any atom is 0.475 e. The van der Waals surface area contributed by atoms with Gasteiger partial charge in [0.2, 0.25) is 12.2 Å². The minimum absolute atomic E-state index is 0.0853. The van der Waals surface area contributed by atoms with Gasteiger partial charge in [0.15, 0.2) is 6.61 Å². The average molecular weight is 867 g/mol. The van der Waals surface area contributed by atoms with Crippen LogP contribution < -0.4 is 11.1 Å². The van der Waals surface area contributed by atoms with Gasteiger partial charge in [-0.3, -0.25) is 18.9 Å². The second-order valence-electron chi connectivity index (χ2n) is 15.8. The predicted octanol–water partition coefficient (Wildman–Crippen LogP) is 11.0. The lowest BCUT2D eigenvalue weighted by atomic mass is 10.1. The Morgan fingerprint density at radius 2 is 1.20 bits per heavy atom. The van der Waals surface area contributed by atoms with Crippen LogP contribution in [0.1, 0.15) is 199 Å². The van der Waals surface area contributed by atoms with Gasteiger partial charge in [-0.25, -0.2) is 14.1 Å². The number of amides is 1. The van der Waals surface area contributed by atoms with Gasteiger partial charge < -0.3 is 30.4 Å². The molecule has 0 bridgehead atoms. The van der Waals surface area contributed by atoms with Crippen LogP contribution in [0.15, 0.2) is 36.8 Å². The van der Waals surface area contributed by atoms with Crippen molar-refractivity contribution in [2.45, 2.75) is 212 Å². The SMILES string of the molecule is CCCCCCCC/C=C\CCCCCCCC(=O)OCC(OC(=O)CCCCCCC/C=C\CCCCCCCC)OP(=O)(O)OCCNC(=O)C(N)Cc1c[nH]cn1. The van der Waals surface area contributed by atoms with Crippen LogP contribution in [0.2, 0.25) is 0 Å². The molecule has 1 heterocycles. The number of nitrogens with two attached hydrogens (primary N) is 1. The van der Waals surface area contributed by atoms with Gasteiger partial charge in [0.05, 0.1) is 24.7 Å². The van der Waals surface area contributed by atoms with E-state index in [1.165, 1.54) is 83.4 Å². The van der Waals surface area contributed by atoms with Crippen molar-refractivity contribution in [1.82, 2.24) is 15.3 Å². The van der Waals surface area contributed by atoms with E-state index < -0.39 is 44.6 Å². The fourth-order valence-electron chi connectivity index (χ4n) is 6.57. The average Bonchev–Trinajstić information content (AvgIpc) is 3.74. The summed E-state index contributed by atoms with van der Waals surface area (Å²) in [4.78, 5) is 54.8. The fourth-order valence-corrected chi connectivity index (χ4v) is 7.35. The third kappa shape index (κ3) is 34.8. The highest BCUT2D eigenvalue weighted by Crippen LogP contribution is 2.44. The molecule has 0 aliphatic carbocycles. The highest BCUT2D eigenvalue weighted by atomic mass is 31.2. The first-order valence-electron chi connectivity index (χ1n) is 23.5. The molecule has 3 atom stereocenters. The van der Waals surface area contributed by atoms with Crippen molar-refractivity contribution < 1.29 is 42.4 Å². The number of carbonyl (C=O) groups is 3. The zero-order chi connectivity index (χ0) is 43.8. The van der Waals surface area contributed by atoms with Crippen LogP contribution in [0, 0.1) is 0 Å². The summed E-state index contributed by atoms with van der Waals surface area (Å²) < 4.78 is 33.6. The second kappa shape index (κ2) is 39.0. The minimum Gasteiger partial charge on any atom is -0.459 e. The summed E-state index contributed by atoms with van der Waals surface area (Å²) in [6.45, 7) is 3.39. The lowest BCUT2D eigenvalue weighted by molar-refractivity contribution is -0.180. The number of phosphoric ester groups is 1. The minimum atomic E-state index is -4.79.